The van der Waals surface area contributed by atoms with Crippen molar-refractivity contribution in [3.8, 4) is 0 Å². The Labute approximate surface area is 148 Å². The number of hydrogen-bond acceptors (Lipinski definition) is 6. The molecule has 0 bridgehead atoms. The van der Waals surface area contributed by atoms with Gasteiger partial charge in [-0.1, -0.05) is 11.6 Å². The average molecular weight is 367 g/mol. The highest BCUT2D eigenvalue weighted by atomic mass is 35.5. The summed E-state index contributed by atoms with van der Waals surface area (Å²) in [5.41, 5.74) is 0.882. The minimum atomic E-state index is -0.300. The van der Waals surface area contributed by atoms with Crippen LogP contribution in [0.3, 0.4) is 0 Å². The van der Waals surface area contributed by atoms with Crippen LogP contribution in [0, 0.1) is 0 Å². The lowest BCUT2D eigenvalue weighted by Gasteiger charge is -2.34. The number of anilines is 1. The number of rotatable bonds is 5. The zero-order valence-corrected chi connectivity index (χ0v) is 14.5. The van der Waals surface area contributed by atoms with E-state index in [4.69, 9.17) is 16.3 Å². The van der Waals surface area contributed by atoms with E-state index >= 15 is 0 Å². The van der Waals surface area contributed by atoms with Crippen LogP contribution in [0.5, 0.6) is 0 Å². The Morgan fingerprint density at radius 1 is 1.52 bits per heavy atom. The molecular weight excluding hydrogens is 348 g/mol. The molecule has 1 amide bonds. The molecule has 1 fully saturated rings. The Hall–Kier alpha value is -2.39. The molecule has 1 aliphatic rings. The van der Waals surface area contributed by atoms with Gasteiger partial charge in [0.05, 0.1) is 35.8 Å². The summed E-state index contributed by atoms with van der Waals surface area (Å²) < 4.78 is 7.03. The number of nitrogens with zero attached hydrogens (tertiary/aromatic N) is 4. The second-order valence-corrected chi connectivity index (χ2v) is 6.16. The lowest BCUT2D eigenvalue weighted by atomic mass is 10.2. The second kappa shape index (κ2) is 7.66. The van der Waals surface area contributed by atoms with Crippen LogP contribution in [0.1, 0.15) is 16.9 Å². The van der Waals surface area contributed by atoms with E-state index in [1.165, 1.54) is 10.9 Å². The molecule has 25 heavy (non-hydrogen) atoms. The van der Waals surface area contributed by atoms with Crippen LogP contribution >= 0.6 is 11.6 Å². The van der Waals surface area contributed by atoms with E-state index in [1.807, 2.05) is 0 Å². The van der Waals surface area contributed by atoms with Gasteiger partial charge in [0.2, 0.25) is 0 Å². The molecule has 134 valence electrons. The molecule has 2 N–H and O–H groups in total. The largest absolute Gasteiger partial charge is 0.374 e. The first kappa shape index (κ1) is 17.4. The molecule has 2 aromatic heterocycles. The van der Waals surface area contributed by atoms with Crippen LogP contribution in [-0.2, 0) is 11.8 Å². The van der Waals surface area contributed by atoms with Gasteiger partial charge < -0.3 is 15.0 Å². The van der Waals surface area contributed by atoms with Crippen molar-refractivity contribution in [2.24, 2.45) is 7.05 Å². The molecule has 1 atom stereocenters. The van der Waals surface area contributed by atoms with E-state index in [-0.39, 0.29) is 28.3 Å². The van der Waals surface area contributed by atoms with Crippen molar-refractivity contribution in [3.63, 3.8) is 0 Å². The van der Waals surface area contributed by atoms with E-state index in [9.17, 15) is 9.59 Å². The molecule has 3 rings (SSSR count). The molecule has 1 aliphatic heterocycles. The van der Waals surface area contributed by atoms with Gasteiger partial charge in [-0.15, -0.1) is 0 Å². The number of halogens is 1. The monoisotopic (exact) mass is 366 g/mol. The number of H-pyrrole nitrogens is 1. The molecule has 1 saturated heterocycles. The highest BCUT2D eigenvalue weighted by Gasteiger charge is 2.22. The maximum Gasteiger partial charge on any atom is 0.270 e. The van der Waals surface area contributed by atoms with Gasteiger partial charge >= 0.3 is 0 Å². The van der Waals surface area contributed by atoms with E-state index in [2.05, 4.69) is 25.5 Å². The van der Waals surface area contributed by atoms with Crippen molar-refractivity contribution in [2.75, 3.05) is 31.1 Å². The predicted octanol–water partition coefficient (Wildman–Crippen LogP) is 0.182. The van der Waals surface area contributed by atoms with E-state index in [0.29, 0.717) is 32.7 Å². The Morgan fingerprint density at radius 3 is 3.08 bits per heavy atom. The van der Waals surface area contributed by atoms with E-state index in [1.54, 1.807) is 19.3 Å². The summed E-state index contributed by atoms with van der Waals surface area (Å²) in [5, 5.41) is 13.4. The Balaban J connectivity index is 1.52. The van der Waals surface area contributed by atoms with Crippen molar-refractivity contribution in [3.05, 3.63) is 39.5 Å². The van der Waals surface area contributed by atoms with Crippen LogP contribution in [-0.4, -0.2) is 58.2 Å². The summed E-state index contributed by atoms with van der Waals surface area (Å²) in [4.78, 5) is 25.8. The Kier molecular flexibility index (Phi) is 5.34. The number of aromatic nitrogens is 4. The zero-order chi connectivity index (χ0) is 17.8. The van der Waals surface area contributed by atoms with Gasteiger partial charge in [0.15, 0.2) is 0 Å². The lowest BCUT2D eigenvalue weighted by Crippen LogP contribution is -2.44. The fourth-order valence-corrected chi connectivity index (χ4v) is 2.80. The summed E-state index contributed by atoms with van der Waals surface area (Å²) in [6, 6.07) is 1.57. The van der Waals surface area contributed by atoms with Crippen molar-refractivity contribution in [1.29, 1.82) is 0 Å². The highest BCUT2D eigenvalue weighted by Crippen LogP contribution is 2.16. The predicted molar refractivity (Wildman–Crippen MR) is 92.0 cm³/mol. The molecule has 10 heteroatoms. The summed E-state index contributed by atoms with van der Waals surface area (Å²) in [7, 11) is 1.61. The Morgan fingerprint density at radius 2 is 2.36 bits per heavy atom. The third-order valence-electron chi connectivity index (χ3n) is 4.03. The van der Waals surface area contributed by atoms with Crippen LogP contribution in [0.4, 0.5) is 5.69 Å². The fraction of sp³-hybridized carbons (Fsp3) is 0.467. The first-order valence-electron chi connectivity index (χ1n) is 7.91. The van der Waals surface area contributed by atoms with Crippen molar-refractivity contribution >= 4 is 23.2 Å². The van der Waals surface area contributed by atoms with Crippen molar-refractivity contribution < 1.29 is 9.53 Å². The lowest BCUT2D eigenvalue weighted by molar-refractivity contribution is 0.0353. The summed E-state index contributed by atoms with van der Waals surface area (Å²) in [5.74, 6) is -0.300. The van der Waals surface area contributed by atoms with E-state index < -0.39 is 0 Å². The van der Waals surface area contributed by atoms with E-state index in [0.717, 1.165) is 5.69 Å². The highest BCUT2D eigenvalue weighted by molar-refractivity contribution is 6.33. The minimum absolute atomic E-state index is 0.0460. The number of ether oxygens (including phenoxy) is 1. The molecule has 0 saturated carbocycles. The van der Waals surface area contributed by atoms with Gasteiger partial charge in [-0.05, 0) is 6.42 Å². The number of morpholine rings is 1. The normalized spacial score (nSPS) is 17.5. The van der Waals surface area contributed by atoms with Gasteiger partial charge in [-0.3, -0.25) is 14.7 Å². The zero-order valence-electron chi connectivity index (χ0n) is 13.7. The molecule has 2 aromatic rings. The van der Waals surface area contributed by atoms with Crippen LogP contribution in [0.2, 0.25) is 5.02 Å². The third-order valence-corrected chi connectivity index (χ3v) is 4.32. The number of hydrogen-bond donors (Lipinski definition) is 2. The molecule has 0 aliphatic carbocycles. The van der Waals surface area contributed by atoms with Crippen LogP contribution in [0.15, 0.2) is 23.3 Å². The maximum atomic E-state index is 12.0. The smallest absolute Gasteiger partial charge is 0.270 e. The molecule has 0 aromatic carbocycles. The summed E-state index contributed by atoms with van der Waals surface area (Å²) in [6.07, 6.45) is 3.66. The summed E-state index contributed by atoms with van der Waals surface area (Å²) in [6.45, 7) is 2.33. The number of carbonyl (C=O) groups is 1. The number of amides is 1. The van der Waals surface area contributed by atoms with Crippen LogP contribution < -0.4 is 15.8 Å². The van der Waals surface area contributed by atoms with Gasteiger partial charge in [-0.2, -0.15) is 10.2 Å². The fourth-order valence-electron chi connectivity index (χ4n) is 2.63. The first-order valence-corrected chi connectivity index (χ1v) is 8.29. The summed E-state index contributed by atoms with van der Waals surface area (Å²) >= 11 is 5.85. The third kappa shape index (κ3) is 4.18. The molecule has 0 radical (unpaired) electrons. The number of carbonyl (C=O) groups excluding carboxylic acids is 1. The molecule has 0 spiro atoms. The standard InChI is InChI=1S/C15H19ClN6O3/c1-21-13(23)6-10(7-19-21)22-4-5-25-11(9-22)2-3-17-15(24)14-12(16)8-18-20-14/h6-8,11H,2-5,9H2,1H3,(H,17,24)(H,18,20)/t11-/m1/s1. The molecule has 0 unspecified atom stereocenters. The molecular formula is C15H19ClN6O3. The first-order chi connectivity index (χ1) is 12.0. The van der Waals surface area contributed by atoms with Gasteiger partial charge in [0, 0.05) is 32.7 Å². The number of nitrogens with one attached hydrogen (secondary N) is 2. The Bertz CT molecular complexity index is 805. The average Bonchev–Trinajstić information content (AvgIpc) is 3.04. The number of aryl methyl sites for hydroxylation is 1. The molecule has 3 heterocycles. The van der Waals surface area contributed by atoms with Crippen molar-refractivity contribution in [2.45, 2.75) is 12.5 Å². The molecule has 9 nitrogen and oxygen atoms in total. The SMILES string of the molecule is Cn1ncc(N2CCO[C@H](CCNC(=O)c3[nH]ncc3Cl)C2)cc1=O. The van der Waals surface area contributed by atoms with Gasteiger partial charge in [0.1, 0.15) is 5.69 Å². The second-order valence-electron chi connectivity index (χ2n) is 5.75. The van der Waals surface area contributed by atoms with Crippen LogP contribution in [0.25, 0.3) is 0 Å². The maximum absolute atomic E-state index is 12.0. The topological polar surface area (TPSA) is 105 Å². The number of aromatic amines is 1. The minimum Gasteiger partial charge on any atom is -0.374 e. The van der Waals surface area contributed by atoms with Gasteiger partial charge in [0.25, 0.3) is 11.5 Å². The quantitative estimate of drug-likeness (QED) is 0.782. The van der Waals surface area contributed by atoms with Gasteiger partial charge in [-0.25, -0.2) is 4.68 Å². The van der Waals surface area contributed by atoms with Crippen molar-refractivity contribution in [1.82, 2.24) is 25.3 Å².